The van der Waals surface area contributed by atoms with Gasteiger partial charge in [-0.05, 0) is 0 Å². The van der Waals surface area contributed by atoms with Crippen molar-refractivity contribution in [3.05, 3.63) is 0 Å². The van der Waals surface area contributed by atoms with E-state index in [2.05, 4.69) is 4.89 Å². The average Bonchev–Trinajstić information content (AvgIpc) is 1.61. The molecule has 11 heavy (non-hydrogen) atoms. The van der Waals surface area contributed by atoms with Crippen molar-refractivity contribution in [1.29, 1.82) is 0 Å². The standard InChI is InChI=1S/CH2O4.Mg.H2O4S.2H/c2-1(3)5-4;;1-5(2,3)4;;/h4H,(H,2,3);;(H2,1,2,3,4);;/q;+2;;2*-1. The molecule has 0 amide bonds. The van der Waals surface area contributed by atoms with Crippen LogP contribution in [0.4, 0.5) is 4.79 Å². The molecule has 10 heteroatoms. The van der Waals surface area contributed by atoms with E-state index in [1.165, 1.54) is 0 Å². The third-order valence-electron chi connectivity index (χ3n) is 0.0781. The van der Waals surface area contributed by atoms with Gasteiger partial charge in [-0.3, -0.25) is 14.0 Å². The maximum absolute atomic E-state index is 8.90. The van der Waals surface area contributed by atoms with Gasteiger partial charge in [0.1, 0.15) is 0 Å². The van der Waals surface area contributed by atoms with Crippen LogP contribution in [-0.2, 0) is 15.3 Å². The second kappa shape index (κ2) is 7.97. The molecule has 8 nitrogen and oxygen atoms in total. The Kier molecular flexibility index (Phi) is 12.4. The number of hydrogen-bond acceptors (Lipinski definition) is 5. The van der Waals surface area contributed by atoms with Gasteiger partial charge in [-0.15, -0.1) is 0 Å². The van der Waals surface area contributed by atoms with Crippen molar-refractivity contribution in [1.82, 2.24) is 0 Å². The summed E-state index contributed by atoms with van der Waals surface area (Å²) in [6.07, 6.45) is -1.69. The molecule has 0 heterocycles. The van der Waals surface area contributed by atoms with E-state index in [1.807, 2.05) is 0 Å². The van der Waals surface area contributed by atoms with Gasteiger partial charge in [0.25, 0.3) is 0 Å². The monoisotopic (exact) mass is 202 g/mol. The molecule has 66 valence electrons. The van der Waals surface area contributed by atoms with Gasteiger partial charge >= 0.3 is 39.6 Å². The SMILES string of the molecule is O=C(O)OO.O=S(=O)(O)O.[H-].[H-].[Mg+2]. The van der Waals surface area contributed by atoms with Crippen LogP contribution in [0.2, 0.25) is 0 Å². The largest absolute Gasteiger partial charge is 2.00 e. The Bertz CT molecular complexity index is 180. The van der Waals surface area contributed by atoms with E-state index in [4.69, 9.17) is 32.7 Å². The first-order chi connectivity index (χ1) is 4.27. The second-order valence-corrected chi connectivity index (χ2v) is 1.70. The zero-order valence-electron chi connectivity index (χ0n) is 7.04. The molecule has 0 aromatic heterocycles. The predicted octanol–water partition coefficient (Wildman–Crippen LogP) is -0.655. The summed E-state index contributed by atoms with van der Waals surface area (Å²) in [5.74, 6) is 0. The summed E-state index contributed by atoms with van der Waals surface area (Å²) in [6, 6.07) is 0. The number of carboxylic acid groups (broad SMARTS) is 1. The van der Waals surface area contributed by atoms with Crippen LogP contribution < -0.4 is 0 Å². The van der Waals surface area contributed by atoms with Crippen LogP contribution >= 0.6 is 0 Å². The van der Waals surface area contributed by atoms with Gasteiger partial charge in [0.15, 0.2) is 0 Å². The van der Waals surface area contributed by atoms with Gasteiger partial charge in [-0.2, -0.15) is 13.7 Å². The zero-order valence-corrected chi connectivity index (χ0v) is 7.27. The van der Waals surface area contributed by atoms with E-state index < -0.39 is 16.6 Å². The molecule has 0 aromatic carbocycles. The van der Waals surface area contributed by atoms with Crippen LogP contribution in [0.3, 0.4) is 0 Å². The number of hydrogen-bond donors (Lipinski definition) is 4. The number of rotatable bonds is 0. The van der Waals surface area contributed by atoms with Crippen molar-refractivity contribution in [2.45, 2.75) is 0 Å². The van der Waals surface area contributed by atoms with Gasteiger partial charge < -0.3 is 7.96 Å². The van der Waals surface area contributed by atoms with E-state index in [-0.39, 0.29) is 25.9 Å². The molecule has 4 N–H and O–H groups in total. The summed E-state index contributed by atoms with van der Waals surface area (Å²) in [5.41, 5.74) is 0. The summed E-state index contributed by atoms with van der Waals surface area (Å²) in [5, 5.41) is 14.3. The summed E-state index contributed by atoms with van der Waals surface area (Å²) < 4.78 is 31.6. The van der Waals surface area contributed by atoms with E-state index in [1.54, 1.807) is 0 Å². The average molecular weight is 202 g/mol. The summed E-state index contributed by atoms with van der Waals surface area (Å²) in [7, 11) is -4.67. The Morgan fingerprint density at radius 2 is 1.45 bits per heavy atom. The van der Waals surface area contributed by atoms with Crippen LogP contribution in [0.25, 0.3) is 0 Å². The third kappa shape index (κ3) is 175. The maximum atomic E-state index is 8.90. The summed E-state index contributed by atoms with van der Waals surface area (Å²) in [4.78, 5) is 11.6. The van der Waals surface area contributed by atoms with E-state index in [0.29, 0.717) is 0 Å². The van der Waals surface area contributed by atoms with Crippen molar-refractivity contribution < 1.29 is 40.4 Å². The molecular formula is CH6MgO8S. The van der Waals surface area contributed by atoms with Gasteiger partial charge in [-0.1, -0.05) is 0 Å². The molecule has 0 saturated carbocycles. The third-order valence-corrected chi connectivity index (χ3v) is 0.0781. The van der Waals surface area contributed by atoms with Crippen LogP contribution in [0, 0.1) is 0 Å². The molecule has 0 radical (unpaired) electrons. The minimum Gasteiger partial charge on any atom is -1.00 e. The van der Waals surface area contributed by atoms with E-state index in [0.717, 1.165) is 0 Å². The fraction of sp³-hybridized carbons (Fsp3) is 0. The van der Waals surface area contributed by atoms with Crippen LogP contribution in [-0.4, -0.2) is 57.1 Å². The molecule has 0 aliphatic heterocycles. The van der Waals surface area contributed by atoms with Gasteiger partial charge in [0.05, 0.1) is 0 Å². The first kappa shape index (κ1) is 17.1. The summed E-state index contributed by atoms with van der Waals surface area (Å²) >= 11 is 0. The van der Waals surface area contributed by atoms with Crippen molar-refractivity contribution >= 4 is 39.6 Å². The number of carbonyl (C=O) groups is 1. The fourth-order valence-corrected chi connectivity index (χ4v) is 0. The van der Waals surface area contributed by atoms with Gasteiger partial charge in [-0.25, -0.2) is 4.79 Å². The van der Waals surface area contributed by atoms with Gasteiger partial charge in [0.2, 0.25) is 0 Å². The first-order valence-corrected chi connectivity index (χ1v) is 2.91. The summed E-state index contributed by atoms with van der Waals surface area (Å²) in [6.45, 7) is 0. The normalized spacial score (nSPS) is 8.27. The van der Waals surface area contributed by atoms with Crippen LogP contribution in [0.1, 0.15) is 2.85 Å². The van der Waals surface area contributed by atoms with E-state index in [9.17, 15) is 0 Å². The van der Waals surface area contributed by atoms with Crippen LogP contribution in [0.5, 0.6) is 0 Å². The van der Waals surface area contributed by atoms with Crippen molar-refractivity contribution in [3.8, 4) is 0 Å². The fourth-order valence-electron chi connectivity index (χ4n) is 0. The Morgan fingerprint density at radius 1 is 1.36 bits per heavy atom. The minimum absolute atomic E-state index is 0. The molecular weight excluding hydrogens is 196 g/mol. The van der Waals surface area contributed by atoms with Crippen molar-refractivity contribution in [2.24, 2.45) is 0 Å². The second-order valence-electron chi connectivity index (χ2n) is 0.805. The molecule has 0 spiro atoms. The Hall–Kier alpha value is -0.134. The Balaban J connectivity index is -0.0000000267. The van der Waals surface area contributed by atoms with Crippen molar-refractivity contribution in [2.75, 3.05) is 0 Å². The maximum Gasteiger partial charge on any atom is 2.00 e. The molecule has 0 bridgehead atoms. The Labute approximate surface area is 80.4 Å². The molecule has 0 atom stereocenters. The molecule has 0 fully saturated rings. The molecule has 0 aromatic rings. The van der Waals surface area contributed by atoms with Crippen LogP contribution in [0.15, 0.2) is 0 Å². The van der Waals surface area contributed by atoms with E-state index >= 15 is 0 Å². The molecule has 0 aliphatic carbocycles. The Morgan fingerprint density at radius 3 is 1.45 bits per heavy atom. The minimum atomic E-state index is -4.67. The first-order valence-electron chi connectivity index (χ1n) is 1.51. The quantitative estimate of drug-likeness (QED) is 0.176. The molecule has 0 saturated heterocycles. The zero-order chi connectivity index (χ0) is 8.78. The molecule has 0 unspecified atom stereocenters. The van der Waals surface area contributed by atoms with Gasteiger partial charge in [0, 0.05) is 0 Å². The van der Waals surface area contributed by atoms with Crippen molar-refractivity contribution in [3.63, 3.8) is 0 Å². The predicted molar refractivity (Wildman–Crippen MR) is 33.9 cm³/mol. The molecule has 0 aliphatic rings. The topological polar surface area (TPSA) is 141 Å². The molecule has 0 rings (SSSR count). The smallest absolute Gasteiger partial charge is 1.00 e.